The van der Waals surface area contributed by atoms with Crippen LogP contribution in [0.15, 0.2) is 29.2 Å². The standard InChI is InChI=1S/C17H20N2O4S/c1-11-6-12(17(22)23)8-18(7-11)15(20)9-19-13-4-2-3-5-14(13)24-10-16(19)21/h2-5,11-12H,6-10H2,1H3,(H,22,23). The minimum Gasteiger partial charge on any atom is -0.481 e. The van der Waals surface area contributed by atoms with Gasteiger partial charge in [0.15, 0.2) is 0 Å². The van der Waals surface area contributed by atoms with Gasteiger partial charge in [-0.3, -0.25) is 14.4 Å². The first-order valence-corrected chi connectivity index (χ1v) is 8.97. The maximum absolute atomic E-state index is 12.7. The summed E-state index contributed by atoms with van der Waals surface area (Å²) in [5.41, 5.74) is 0.756. The highest BCUT2D eigenvalue weighted by Gasteiger charge is 2.34. The number of carbonyl (C=O) groups excluding carboxylic acids is 2. The van der Waals surface area contributed by atoms with Crippen molar-refractivity contribution in [2.75, 3.05) is 30.3 Å². The lowest BCUT2D eigenvalue weighted by Gasteiger charge is -2.36. The third kappa shape index (κ3) is 3.40. The molecule has 1 aromatic carbocycles. The number of hydrogen-bond donors (Lipinski definition) is 1. The second kappa shape index (κ2) is 6.84. The number of amides is 2. The Bertz CT molecular complexity index is 678. The van der Waals surface area contributed by atoms with Crippen molar-refractivity contribution in [1.82, 2.24) is 4.90 Å². The lowest BCUT2D eigenvalue weighted by Crippen LogP contribution is -2.50. The first kappa shape index (κ1) is 16.8. The second-order valence-electron chi connectivity index (χ2n) is 6.41. The van der Waals surface area contributed by atoms with E-state index in [4.69, 9.17) is 0 Å². The van der Waals surface area contributed by atoms with Crippen LogP contribution in [0, 0.1) is 11.8 Å². The number of fused-ring (bicyclic) bond motifs is 1. The van der Waals surface area contributed by atoms with E-state index in [-0.39, 0.29) is 30.8 Å². The van der Waals surface area contributed by atoms with Gasteiger partial charge in [0.2, 0.25) is 11.8 Å². The van der Waals surface area contributed by atoms with Crippen molar-refractivity contribution in [2.24, 2.45) is 11.8 Å². The number of benzene rings is 1. The highest BCUT2D eigenvalue weighted by molar-refractivity contribution is 8.00. The maximum atomic E-state index is 12.7. The minimum absolute atomic E-state index is 0.0323. The number of aliphatic carboxylic acids is 1. The molecule has 0 saturated carbocycles. The van der Waals surface area contributed by atoms with Gasteiger partial charge in [0.1, 0.15) is 6.54 Å². The van der Waals surface area contributed by atoms with Gasteiger partial charge in [-0.1, -0.05) is 19.1 Å². The van der Waals surface area contributed by atoms with Crippen LogP contribution in [-0.4, -0.2) is 53.2 Å². The van der Waals surface area contributed by atoms with E-state index in [1.165, 1.54) is 16.7 Å². The molecule has 2 aliphatic rings. The molecule has 2 heterocycles. The third-order valence-electron chi connectivity index (χ3n) is 4.46. The molecule has 0 aliphatic carbocycles. The summed E-state index contributed by atoms with van der Waals surface area (Å²) in [6, 6.07) is 7.53. The molecule has 1 N–H and O–H groups in total. The topological polar surface area (TPSA) is 77.9 Å². The molecule has 2 amide bonds. The smallest absolute Gasteiger partial charge is 0.308 e. The number of hydrogen-bond acceptors (Lipinski definition) is 4. The number of nitrogens with zero attached hydrogens (tertiary/aromatic N) is 2. The van der Waals surface area contributed by atoms with Crippen molar-refractivity contribution in [1.29, 1.82) is 0 Å². The summed E-state index contributed by atoms with van der Waals surface area (Å²) in [6.07, 6.45) is 0.585. The Balaban J connectivity index is 1.75. The zero-order valence-corrected chi connectivity index (χ0v) is 14.3. The summed E-state index contributed by atoms with van der Waals surface area (Å²) in [4.78, 5) is 40.3. The van der Waals surface area contributed by atoms with E-state index in [1.807, 2.05) is 31.2 Å². The van der Waals surface area contributed by atoms with Gasteiger partial charge in [-0.2, -0.15) is 0 Å². The molecule has 0 radical (unpaired) electrons. The van der Waals surface area contributed by atoms with Gasteiger partial charge in [-0.05, 0) is 24.5 Å². The molecular formula is C17H20N2O4S. The van der Waals surface area contributed by atoms with Crippen LogP contribution in [0.1, 0.15) is 13.3 Å². The van der Waals surface area contributed by atoms with Crippen LogP contribution in [0.5, 0.6) is 0 Å². The molecule has 0 spiro atoms. The molecular weight excluding hydrogens is 328 g/mol. The third-order valence-corrected chi connectivity index (χ3v) is 5.51. The second-order valence-corrected chi connectivity index (χ2v) is 7.43. The van der Waals surface area contributed by atoms with E-state index in [9.17, 15) is 19.5 Å². The quantitative estimate of drug-likeness (QED) is 0.899. The predicted molar refractivity (Wildman–Crippen MR) is 91.0 cm³/mol. The number of thioether (sulfide) groups is 1. The molecule has 24 heavy (non-hydrogen) atoms. The molecule has 6 nitrogen and oxygen atoms in total. The van der Waals surface area contributed by atoms with Crippen LogP contribution in [0.25, 0.3) is 0 Å². The fourth-order valence-corrected chi connectivity index (χ4v) is 4.23. The number of piperidine rings is 1. The molecule has 2 atom stereocenters. The fourth-order valence-electron chi connectivity index (χ4n) is 3.30. The number of para-hydroxylation sites is 1. The Kier molecular flexibility index (Phi) is 4.80. The molecule has 128 valence electrons. The van der Waals surface area contributed by atoms with Crippen molar-refractivity contribution in [3.8, 4) is 0 Å². The minimum atomic E-state index is -0.866. The average Bonchev–Trinajstić information content (AvgIpc) is 2.56. The van der Waals surface area contributed by atoms with Gasteiger partial charge in [0.25, 0.3) is 0 Å². The van der Waals surface area contributed by atoms with Crippen molar-refractivity contribution in [3.63, 3.8) is 0 Å². The largest absolute Gasteiger partial charge is 0.481 e. The van der Waals surface area contributed by atoms with Crippen molar-refractivity contribution in [2.45, 2.75) is 18.2 Å². The number of likely N-dealkylation sites (tertiary alicyclic amines) is 1. The van der Waals surface area contributed by atoms with E-state index < -0.39 is 11.9 Å². The zero-order chi connectivity index (χ0) is 17.3. The van der Waals surface area contributed by atoms with E-state index in [0.717, 1.165) is 10.6 Å². The Morgan fingerprint density at radius 3 is 2.79 bits per heavy atom. The van der Waals surface area contributed by atoms with Crippen LogP contribution >= 0.6 is 11.8 Å². The zero-order valence-electron chi connectivity index (χ0n) is 13.5. The number of carboxylic acids is 1. The normalized spacial score (nSPS) is 23.8. The lowest BCUT2D eigenvalue weighted by molar-refractivity contribution is -0.146. The number of carboxylic acid groups (broad SMARTS) is 1. The van der Waals surface area contributed by atoms with Crippen molar-refractivity contribution >= 4 is 35.2 Å². The Labute approximate surface area is 144 Å². The van der Waals surface area contributed by atoms with E-state index in [0.29, 0.717) is 18.7 Å². The molecule has 3 rings (SSSR count). The molecule has 2 aliphatic heterocycles. The van der Waals surface area contributed by atoms with Gasteiger partial charge in [0.05, 0.1) is 17.4 Å². The highest BCUT2D eigenvalue weighted by atomic mass is 32.2. The first-order chi connectivity index (χ1) is 11.5. The van der Waals surface area contributed by atoms with E-state index in [1.54, 1.807) is 4.90 Å². The van der Waals surface area contributed by atoms with Crippen LogP contribution in [0.4, 0.5) is 5.69 Å². The fraction of sp³-hybridized carbons (Fsp3) is 0.471. The summed E-state index contributed by atoms with van der Waals surface area (Å²) >= 11 is 1.47. The Hall–Kier alpha value is -2.02. The van der Waals surface area contributed by atoms with Gasteiger partial charge in [-0.25, -0.2) is 0 Å². The number of carbonyl (C=O) groups is 3. The van der Waals surface area contributed by atoms with Gasteiger partial charge in [0, 0.05) is 18.0 Å². The van der Waals surface area contributed by atoms with Crippen LogP contribution in [0.3, 0.4) is 0 Å². The summed E-state index contributed by atoms with van der Waals surface area (Å²) in [5, 5.41) is 9.24. The van der Waals surface area contributed by atoms with Gasteiger partial charge >= 0.3 is 5.97 Å². The SMILES string of the molecule is CC1CC(C(=O)O)CN(C(=O)CN2C(=O)CSc3ccccc32)C1. The predicted octanol–water partition coefficient (Wildman–Crippen LogP) is 1.69. The maximum Gasteiger partial charge on any atom is 0.308 e. The molecule has 0 bridgehead atoms. The van der Waals surface area contributed by atoms with Crippen molar-refractivity contribution in [3.05, 3.63) is 24.3 Å². The molecule has 1 fully saturated rings. The highest BCUT2D eigenvalue weighted by Crippen LogP contribution is 2.35. The number of rotatable bonds is 3. The molecule has 1 aromatic rings. The van der Waals surface area contributed by atoms with E-state index in [2.05, 4.69) is 0 Å². The molecule has 2 unspecified atom stereocenters. The monoisotopic (exact) mass is 348 g/mol. The Morgan fingerprint density at radius 1 is 1.29 bits per heavy atom. The van der Waals surface area contributed by atoms with Gasteiger partial charge < -0.3 is 14.9 Å². The lowest BCUT2D eigenvalue weighted by atomic mass is 9.90. The summed E-state index contributed by atoms with van der Waals surface area (Å²) in [6.45, 7) is 2.68. The summed E-state index contributed by atoms with van der Waals surface area (Å²) in [7, 11) is 0. The van der Waals surface area contributed by atoms with E-state index >= 15 is 0 Å². The summed E-state index contributed by atoms with van der Waals surface area (Å²) in [5.74, 6) is -1.22. The summed E-state index contributed by atoms with van der Waals surface area (Å²) < 4.78 is 0. The molecule has 7 heteroatoms. The van der Waals surface area contributed by atoms with Gasteiger partial charge in [-0.15, -0.1) is 11.8 Å². The van der Waals surface area contributed by atoms with Crippen molar-refractivity contribution < 1.29 is 19.5 Å². The van der Waals surface area contributed by atoms with Crippen LogP contribution in [0.2, 0.25) is 0 Å². The Morgan fingerprint density at radius 2 is 2.04 bits per heavy atom. The first-order valence-electron chi connectivity index (χ1n) is 7.98. The van der Waals surface area contributed by atoms with Crippen LogP contribution < -0.4 is 4.90 Å². The van der Waals surface area contributed by atoms with Crippen LogP contribution in [-0.2, 0) is 14.4 Å². The molecule has 1 saturated heterocycles. The molecule has 0 aromatic heterocycles. The average molecular weight is 348 g/mol. The number of anilines is 1.